The molecule has 1 aliphatic rings. The SMILES string of the molecule is COC(=O)C1CCCCC1c1ccccc1. The summed E-state index contributed by atoms with van der Waals surface area (Å²) in [6.07, 6.45) is 4.42. The maximum absolute atomic E-state index is 11.7. The van der Waals surface area contributed by atoms with Crippen molar-refractivity contribution in [3.63, 3.8) is 0 Å². The van der Waals surface area contributed by atoms with Crippen molar-refractivity contribution in [2.24, 2.45) is 5.92 Å². The summed E-state index contributed by atoms with van der Waals surface area (Å²) in [5.41, 5.74) is 1.28. The average Bonchev–Trinajstić information content (AvgIpc) is 2.39. The molecule has 1 aromatic carbocycles. The van der Waals surface area contributed by atoms with Gasteiger partial charge >= 0.3 is 5.97 Å². The highest BCUT2D eigenvalue weighted by molar-refractivity contribution is 5.73. The molecular weight excluding hydrogens is 200 g/mol. The Kier molecular flexibility index (Phi) is 3.60. The average molecular weight is 218 g/mol. The van der Waals surface area contributed by atoms with E-state index in [-0.39, 0.29) is 11.9 Å². The second-order valence-corrected chi connectivity index (χ2v) is 4.43. The van der Waals surface area contributed by atoms with Gasteiger partial charge in [-0.25, -0.2) is 0 Å². The van der Waals surface area contributed by atoms with Crippen molar-refractivity contribution in [2.75, 3.05) is 7.11 Å². The van der Waals surface area contributed by atoms with Crippen LogP contribution in [0.3, 0.4) is 0 Å². The molecule has 1 saturated carbocycles. The minimum Gasteiger partial charge on any atom is -0.469 e. The zero-order valence-corrected chi connectivity index (χ0v) is 9.69. The molecule has 2 rings (SSSR count). The summed E-state index contributed by atoms with van der Waals surface area (Å²) < 4.78 is 4.90. The van der Waals surface area contributed by atoms with Crippen molar-refractivity contribution in [3.8, 4) is 0 Å². The van der Waals surface area contributed by atoms with Crippen LogP contribution in [0.25, 0.3) is 0 Å². The number of carbonyl (C=O) groups excluding carboxylic acids is 1. The summed E-state index contributed by atoms with van der Waals surface area (Å²) in [5, 5.41) is 0. The Morgan fingerprint density at radius 2 is 1.88 bits per heavy atom. The van der Waals surface area contributed by atoms with E-state index < -0.39 is 0 Å². The number of methoxy groups -OCH3 is 1. The lowest BCUT2D eigenvalue weighted by Crippen LogP contribution is -2.26. The molecule has 0 aromatic heterocycles. The van der Waals surface area contributed by atoms with E-state index in [4.69, 9.17) is 4.74 Å². The first-order valence-corrected chi connectivity index (χ1v) is 5.95. The number of ether oxygens (including phenoxy) is 1. The zero-order chi connectivity index (χ0) is 11.4. The van der Waals surface area contributed by atoms with Crippen molar-refractivity contribution in [3.05, 3.63) is 35.9 Å². The van der Waals surface area contributed by atoms with Crippen molar-refractivity contribution in [1.29, 1.82) is 0 Å². The summed E-state index contributed by atoms with van der Waals surface area (Å²) >= 11 is 0. The van der Waals surface area contributed by atoms with Gasteiger partial charge in [0.25, 0.3) is 0 Å². The molecule has 0 N–H and O–H groups in total. The number of hydrogen-bond acceptors (Lipinski definition) is 2. The van der Waals surface area contributed by atoms with E-state index in [1.807, 2.05) is 18.2 Å². The van der Waals surface area contributed by atoms with E-state index in [2.05, 4.69) is 12.1 Å². The highest BCUT2D eigenvalue weighted by Gasteiger charge is 2.32. The van der Waals surface area contributed by atoms with Crippen LogP contribution >= 0.6 is 0 Å². The smallest absolute Gasteiger partial charge is 0.309 e. The summed E-state index contributed by atoms with van der Waals surface area (Å²) in [6, 6.07) is 10.3. The van der Waals surface area contributed by atoms with Crippen LogP contribution in [0.5, 0.6) is 0 Å². The van der Waals surface area contributed by atoms with Crippen LogP contribution in [0.1, 0.15) is 37.2 Å². The quantitative estimate of drug-likeness (QED) is 0.713. The standard InChI is InChI=1S/C14H18O2/c1-16-14(15)13-10-6-5-9-12(13)11-7-3-2-4-8-11/h2-4,7-8,12-13H,5-6,9-10H2,1H3. The molecule has 0 heterocycles. The fraction of sp³-hybridized carbons (Fsp3) is 0.500. The Labute approximate surface area is 96.6 Å². The second-order valence-electron chi connectivity index (χ2n) is 4.43. The maximum Gasteiger partial charge on any atom is 0.309 e. The number of hydrogen-bond donors (Lipinski definition) is 0. The summed E-state index contributed by atoms with van der Waals surface area (Å²) in [6.45, 7) is 0. The Balaban J connectivity index is 2.20. The highest BCUT2D eigenvalue weighted by Crippen LogP contribution is 2.38. The third kappa shape index (κ3) is 2.26. The van der Waals surface area contributed by atoms with Gasteiger partial charge in [-0.05, 0) is 24.3 Å². The van der Waals surface area contributed by atoms with E-state index in [9.17, 15) is 4.79 Å². The number of carbonyl (C=O) groups is 1. The predicted octanol–water partition coefficient (Wildman–Crippen LogP) is 3.13. The van der Waals surface area contributed by atoms with Gasteiger partial charge in [0.15, 0.2) is 0 Å². The molecule has 0 bridgehead atoms. The van der Waals surface area contributed by atoms with E-state index >= 15 is 0 Å². The second kappa shape index (κ2) is 5.15. The zero-order valence-electron chi connectivity index (χ0n) is 9.69. The van der Waals surface area contributed by atoms with Gasteiger partial charge in [-0.2, -0.15) is 0 Å². The van der Waals surface area contributed by atoms with Gasteiger partial charge in [0.1, 0.15) is 0 Å². The molecule has 0 amide bonds. The molecule has 1 aromatic rings. The monoisotopic (exact) mass is 218 g/mol. The summed E-state index contributed by atoms with van der Waals surface area (Å²) in [7, 11) is 1.49. The molecule has 0 saturated heterocycles. The lowest BCUT2D eigenvalue weighted by atomic mass is 9.75. The van der Waals surface area contributed by atoms with Gasteiger partial charge in [-0.15, -0.1) is 0 Å². The van der Waals surface area contributed by atoms with Crippen LogP contribution in [-0.4, -0.2) is 13.1 Å². The van der Waals surface area contributed by atoms with Crippen molar-refractivity contribution in [1.82, 2.24) is 0 Å². The van der Waals surface area contributed by atoms with E-state index in [0.29, 0.717) is 5.92 Å². The third-order valence-electron chi connectivity index (χ3n) is 3.50. The molecule has 0 aliphatic heterocycles. The van der Waals surface area contributed by atoms with Crippen LogP contribution in [-0.2, 0) is 9.53 Å². The van der Waals surface area contributed by atoms with Crippen molar-refractivity contribution in [2.45, 2.75) is 31.6 Å². The minimum absolute atomic E-state index is 0.0476. The molecule has 0 radical (unpaired) electrons. The predicted molar refractivity (Wildman–Crippen MR) is 63.2 cm³/mol. The van der Waals surface area contributed by atoms with Gasteiger partial charge in [0.05, 0.1) is 13.0 Å². The van der Waals surface area contributed by atoms with Gasteiger partial charge in [0, 0.05) is 0 Å². The van der Waals surface area contributed by atoms with E-state index in [1.54, 1.807) is 0 Å². The van der Waals surface area contributed by atoms with Gasteiger partial charge in [-0.3, -0.25) is 4.79 Å². The van der Waals surface area contributed by atoms with Gasteiger partial charge in [0.2, 0.25) is 0 Å². The topological polar surface area (TPSA) is 26.3 Å². The number of benzene rings is 1. The molecule has 1 fully saturated rings. The van der Waals surface area contributed by atoms with Gasteiger partial charge < -0.3 is 4.74 Å². The summed E-state index contributed by atoms with van der Waals surface area (Å²) in [5.74, 6) is 0.358. The van der Waals surface area contributed by atoms with Crippen LogP contribution in [0.15, 0.2) is 30.3 Å². The maximum atomic E-state index is 11.7. The number of rotatable bonds is 2. The lowest BCUT2D eigenvalue weighted by Gasteiger charge is -2.29. The molecule has 0 spiro atoms. The Hall–Kier alpha value is -1.31. The minimum atomic E-state index is -0.0476. The first-order valence-electron chi connectivity index (χ1n) is 5.95. The van der Waals surface area contributed by atoms with Gasteiger partial charge in [-0.1, -0.05) is 43.2 Å². The van der Waals surface area contributed by atoms with Crippen molar-refractivity contribution < 1.29 is 9.53 Å². The first-order chi connectivity index (χ1) is 7.83. The van der Waals surface area contributed by atoms with Crippen LogP contribution in [0.4, 0.5) is 0 Å². The molecule has 2 heteroatoms. The Bertz CT molecular complexity index is 345. The molecule has 2 atom stereocenters. The third-order valence-corrected chi connectivity index (χ3v) is 3.50. The molecule has 2 nitrogen and oxygen atoms in total. The summed E-state index contributed by atoms with van der Waals surface area (Å²) in [4.78, 5) is 11.7. The Morgan fingerprint density at radius 3 is 2.56 bits per heavy atom. The molecule has 16 heavy (non-hydrogen) atoms. The fourth-order valence-electron chi connectivity index (χ4n) is 2.66. The van der Waals surface area contributed by atoms with E-state index in [0.717, 1.165) is 19.3 Å². The first kappa shape index (κ1) is 11.2. The molecule has 1 aliphatic carbocycles. The molecule has 2 unspecified atom stereocenters. The van der Waals surface area contributed by atoms with Crippen LogP contribution in [0, 0.1) is 5.92 Å². The normalized spacial score (nSPS) is 25.1. The fourth-order valence-corrected chi connectivity index (χ4v) is 2.66. The van der Waals surface area contributed by atoms with Crippen molar-refractivity contribution >= 4 is 5.97 Å². The number of esters is 1. The lowest BCUT2D eigenvalue weighted by molar-refractivity contribution is -0.147. The van der Waals surface area contributed by atoms with Crippen LogP contribution < -0.4 is 0 Å². The highest BCUT2D eigenvalue weighted by atomic mass is 16.5. The Morgan fingerprint density at radius 1 is 1.19 bits per heavy atom. The largest absolute Gasteiger partial charge is 0.469 e. The molecular formula is C14H18O2. The molecule has 86 valence electrons. The van der Waals surface area contributed by atoms with Crippen LogP contribution in [0.2, 0.25) is 0 Å². The van der Waals surface area contributed by atoms with E-state index in [1.165, 1.54) is 19.1 Å².